The molecule has 4 N–H and O–H groups in total. The normalized spacial score (nSPS) is 14.1. The van der Waals surface area contributed by atoms with Gasteiger partial charge < -0.3 is 20.1 Å². The van der Waals surface area contributed by atoms with Crippen molar-refractivity contribution in [2.45, 2.75) is 25.4 Å². The topological polar surface area (TPSA) is 126 Å². The van der Waals surface area contributed by atoms with Crippen LogP contribution < -0.4 is 25.6 Å². The van der Waals surface area contributed by atoms with Gasteiger partial charge in [0.25, 0.3) is 17.7 Å². The van der Waals surface area contributed by atoms with Crippen LogP contribution in [0, 0.1) is 0 Å². The Labute approximate surface area is 213 Å². The lowest BCUT2D eigenvalue weighted by atomic mass is 10.0. The molecule has 1 fully saturated rings. The first-order valence-corrected chi connectivity index (χ1v) is 11.8. The summed E-state index contributed by atoms with van der Waals surface area (Å²) in [7, 11) is 0. The lowest BCUT2D eigenvalue weighted by Crippen LogP contribution is -2.26. The summed E-state index contributed by atoms with van der Waals surface area (Å²) in [4.78, 5) is 37.1. The molecule has 3 amide bonds. The molecule has 37 heavy (non-hydrogen) atoms. The summed E-state index contributed by atoms with van der Waals surface area (Å²) in [6.07, 6.45) is 3.75. The second-order valence-electron chi connectivity index (χ2n) is 8.82. The Morgan fingerprint density at radius 3 is 2.19 bits per heavy atom. The number of hydroxylamine groups is 1. The molecule has 0 saturated heterocycles. The first kappa shape index (κ1) is 24.1. The van der Waals surface area contributed by atoms with E-state index in [9.17, 15) is 14.4 Å². The van der Waals surface area contributed by atoms with Crippen molar-refractivity contribution in [1.82, 2.24) is 16.1 Å². The van der Waals surface area contributed by atoms with Crippen molar-refractivity contribution in [3.63, 3.8) is 0 Å². The zero-order chi connectivity index (χ0) is 25.8. The fourth-order valence-corrected chi connectivity index (χ4v) is 3.86. The van der Waals surface area contributed by atoms with Crippen molar-refractivity contribution in [3.8, 4) is 11.5 Å². The van der Waals surface area contributed by atoms with Crippen molar-refractivity contribution < 1.29 is 29.1 Å². The molecular weight excluding hydrogens is 474 g/mol. The minimum atomic E-state index is -0.601. The fraction of sp³-hybridized carbons (Fsp3) is 0.179. The zero-order valence-electron chi connectivity index (χ0n) is 19.8. The summed E-state index contributed by atoms with van der Waals surface area (Å²) < 4.78 is 10.9. The Balaban J connectivity index is 1.28. The SMILES string of the molecule is O=C(NC1CC1)/C(=C/c1ccc(C(=O)NCc2ccc(C(=O)NO)cc2)cc1)c1ccc2c(c1)OCO2. The van der Waals surface area contributed by atoms with Gasteiger partial charge in [0.1, 0.15) is 0 Å². The standard InChI is InChI=1S/C28H25N3O6/c32-26(29-15-18-3-7-20(8-4-18)27(33)31-35)19-5-1-17(2-6-19)13-23(28(34)30-22-10-11-22)21-9-12-24-25(14-21)37-16-36-24/h1-9,12-14,22,35H,10-11,15-16H2,(H,29,32)(H,30,34)(H,31,33)/b23-13+. The highest BCUT2D eigenvalue weighted by molar-refractivity contribution is 6.24. The third kappa shape index (κ3) is 5.79. The van der Waals surface area contributed by atoms with Gasteiger partial charge in [0.15, 0.2) is 11.5 Å². The summed E-state index contributed by atoms with van der Waals surface area (Å²) in [5, 5.41) is 14.6. The number of benzene rings is 3. The van der Waals surface area contributed by atoms with E-state index in [0.717, 1.165) is 24.0 Å². The maximum absolute atomic E-state index is 13.0. The van der Waals surface area contributed by atoms with E-state index in [4.69, 9.17) is 14.7 Å². The molecule has 1 saturated carbocycles. The molecule has 9 nitrogen and oxygen atoms in total. The minimum Gasteiger partial charge on any atom is -0.454 e. The minimum absolute atomic E-state index is 0.155. The first-order chi connectivity index (χ1) is 18.0. The third-order valence-electron chi connectivity index (χ3n) is 6.10. The highest BCUT2D eigenvalue weighted by Gasteiger charge is 2.26. The average molecular weight is 500 g/mol. The Bertz CT molecular complexity index is 1360. The Kier molecular flexibility index (Phi) is 6.87. The third-order valence-corrected chi connectivity index (χ3v) is 6.10. The largest absolute Gasteiger partial charge is 0.454 e. The molecule has 3 aromatic rings. The van der Waals surface area contributed by atoms with Gasteiger partial charge in [0, 0.05) is 29.3 Å². The highest BCUT2D eigenvalue weighted by Crippen LogP contribution is 2.35. The van der Waals surface area contributed by atoms with Crippen LogP contribution in [-0.4, -0.2) is 35.8 Å². The van der Waals surface area contributed by atoms with Crippen LogP contribution in [0.5, 0.6) is 11.5 Å². The summed E-state index contributed by atoms with van der Waals surface area (Å²) in [5.41, 5.74) is 5.15. The van der Waals surface area contributed by atoms with Crippen LogP contribution in [0.2, 0.25) is 0 Å². The Hall–Kier alpha value is -4.63. The van der Waals surface area contributed by atoms with Crippen LogP contribution in [0.4, 0.5) is 0 Å². The Morgan fingerprint density at radius 1 is 0.838 bits per heavy atom. The molecule has 0 spiro atoms. The monoisotopic (exact) mass is 499 g/mol. The number of rotatable bonds is 8. The maximum atomic E-state index is 13.0. The summed E-state index contributed by atoms with van der Waals surface area (Å²) in [5.74, 6) is 0.228. The van der Waals surface area contributed by atoms with E-state index in [1.165, 1.54) is 0 Å². The van der Waals surface area contributed by atoms with E-state index in [1.54, 1.807) is 72.2 Å². The molecule has 9 heteroatoms. The smallest absolute Gasteiger partial charge is 0.274 e. The number of hydrogen-bond acceptors (Lipinski definition) is 6. The number of hydrogen-bond donors (Lipinski definition) is 4. The number of nitrogens with one attached hydrogen (secondary N) is 3. The molecule has 0 radical (unpaired) electrons. The van der Waals surface area contributed by atoms with Gasteiger partial charge in [-0.15, -0.1) is 0 Å². The molecule has 2 aliphatic rings. The fourth-order valence-electron chi connectivity index (χ4n) is 3.86. The quantitative estimate of drug-likeness (QED) is 0.163. The van der Waals surface area contributed by atoms with Crippen LogP contribution in [0.15, 0.2) is 66.7 Å². The van der Waals surface area contributed by atoms with E-state index in [-0.39, 0.29) is 31.2 Å². The van der Waals surface area contributed by atoms with Crippen LogP contribution in [-0.2, 0) is 11.3 Å². The van der Waals surface area contributed by atoms with Crippen LogP contribution in [0.1, 0.15) is 50.2 Å². The molecule has 0 aromatic heterocycles. The van der Waals surface area contributed by atoms with E-state index >= 15 is 0 Å². The molecule has 0 atom stereocenters. The molecule has 0 bridgehead atoms. The van der Waals surface area contributed by atoms with Gasteiger partial charge in [-0.05, 0) is 72.0 Å². The highest BCUT2D eigenvalue weighted by atomic mass is 16.7. The Morgan fingerprint density at radius 2 is 1.49 bits per heavy atom. The van der Waals surface area contributed by atoms with Gasteiger partial charge in [-0.1, -0.05) is 30.3 Å². The number of carbonyl (C=O) groups is 3. The average Bonchev–Trinajstić information content (AvgIpc) is 3.62. The molecule has 1 aliphatic carbocycles. The number of ether oxygens (including phenoxy) is 2. The summed E-state index contributed by atoms with van der Waals surface area (Å²) >= 11 is 0. The van der Waals surface area contributed by atoms with Crippen LogP contribution >= 0.6 is 0 Å². The predicted octanol–water partition coefficient (Wildman–Crippen LogP) is 3.28. The van der Waals surface area contributed by atoms with Crippen LogP contribution in [0.25, 0.3) is 11.6 Å². The molecule has 0 unspecified atom stereocenters. The molecule has 5 rings (SSSR count). The van der Waals surface area contributed by atoms with E-state index < -0.39 is 5.91 Å². The van der Waals surface area contributed by atoms with Gasteiger partial charge in [0.05, 0.1) is 0 Å². The van der Waals surface area contributed by atoms with Gasteiger partial charge in [-0.3, -0.25) is 19.6 Å². The van der Waals surface area contributed by atoms with E-state index in [0.29, 0.717) is 33.8 Å². The second-order valence-corrected chi connectivity index (χ2v) is 8.82. The molecule has 188 valence electrons. The van der Waals surface area contributed by atoms with Gasteiger partial charge >= 0.3 is 0 Å². The van der Waals surface area contributed by atoms with Gasteiger partial charge in [0.2, 0.25) is 6.79 Å². The van der Waals surface area contributed by atoms with Crippen molar-refractivity contribution in [3.05, 3.63) is 94.5 Å². The van der Waals surface area contributed by atoms with Gasteiger partial charge in [-0.25, -0.2) is 5.48 Å². The number of carbonyl (C=O) groups excluding carboxylic acids is 3. The molecule has 1 heterocycles. The van der Waals surface area contributed by atoms with E-state index in [1.807, 2.05) is 6.07 Å². The van der Waals surface area contributed by atoms with Gasteiger partial charge in [-0.2, -0.15) is 0 Å². The first-order valence-electron chi connectivity index (χ1n) is 11.8. The second kappa shape index (κ2) is 10.5. The predicted molar refractivity (Wildman–Crippen MR) is 135 cm³/mol. The van der Waals surface area contributed by atoms with Crippen LogP contribution in [0.3, 0.4) is 0 Å². The molecule has 3 aromatic carbocycles. The summed E-state index contributed by atoms with van der Waals surface area (Å²) in [6.45, 7) is 0.429. The number of fused-ring (bicyclic) bond motifs is 1. The van der Waals surface area contributed by atoms with Crippen molar-refractivity contribution in [2.24, 2.45) is 0 Å². The van der Waals surface area contributed by atoms with Crippen molar-refractivity contribution in [2.75, 3.05) is 6.79 Å². The number of amides is 3. The van der Waals surface area contributed by atoms with Crippen molar-refractivity contribution in [1.29, 1.82) is 0 Å². The summed E-state index contributed by atoms with van der Waals surface area (Å²) in [6, 6.07) is 19.1. The lowest BCUT2D eigenvalue weighted by Gasteiger charge is -2.10. The van der Waals surface area contributed by atoms with E-state index in [2.05, 4.69) is 10.6 Å². The van der Waals surface area contributed by atoms with Crippen molar-refractivity contribution >= 4 is 29.4 Å². The lowest BCUT2D eigenvalue weighted by molar-refractivity contribution is -0.115. The zero-order valence-corrected chi connectivity index (χ0v) is 19.8. The maximum Gasteiger partial charge on any atom is 0.274 e. The molecule has 1 aliphatic heterocycles. The molecular formula is C28H25N3O6.